The molecule has 3 aromatic rings. The molecule has 0 saturated carbocycles. The van der Waals surface area contributed by atoms with E-state index in [1.54, 1.807) is 0 Å². The van der Waals surface area contributed by atoms with Crippen molar-refractivity contribution in [3.63, 3.8) is 0 Å². The molecule has 2 aromatic heterocycles. The molecule has 0 fully saturated rings. The van der Waals surface area contributed by atoms with Crippen molar-refractivity contribution >= 4 is 54.4 Å². The van der Waals surface area contributed by atoms with Crippen LogP contribution in [0, 0.1) is 11.3 Å². The van der Waals surface area contributed by atoms with E-state index < -0.39 is 0 Å². The van der Waals surface area contributed by atoms with Crippen LogP contribution in [-0.2, 0) is 0 Å². The molecule has 1 aromatic carbocycles. The third-order valence-corrected chi connectivity index (χ3v) is 4.87. The number of nitrogens with two attached hydrogens (primary N) is 3. The number of rotatable bonds is 0. The lowest BCUT2D eigenvalue weighted by molar-refractivity contribution is 1.43. The fraction of sp³-hybridized carbons (Fsp3) is 0. The maximum atomic E-state index is 9.10. The highest BCUT2D eigenvalue weighted by Gasteiger charge is 2.11. The molecule has 0 radical (unpaired) electrons. The number of benzene rings is 1. The monoisotopic (exact) mass is 286 g/mol. The molecule has 6 N–H and O–H groups in total. The van der Waals surface area contributed by atoms with E-state index in [2.05, 4.69) is 0 Å². The van der Waals surface area contributed by atoms with Crippen LogP contribution in [0.4, 0.5) is 0 Å². The number of fused-ring (bicyclic) bond motifs is 2. The SMILES string of the molecule is N#CC(N)=c1c2sccc2c(=C(N)N)c2ccsc12. The van der Waals surface area contributed by atoms with Crippen molar-refractivity contribution in [2.45, 2.75) is 0 Å². The van der Waals surface area contributed by atoms with Crippen molar-refractivity contribution in [1.29, 1.82) is 5.26 Å². The predicted octanol–water partition coefficient (Wildman–Crippen LogP) is 0.690. The Morgan fingerprint density at radius 3 is 1.89 bits per heavy atom. The molecule has 0 aliphatic rings. The minimum absolute atomic E-state index is 0.224. The van der Waals surface area contributed by atoms with Crippen molar-refractivity contribution in [3.8, 4) is 6.07 Å². The highest BCUT2D eigenvalue weighted by molar-refractivity contribution is 7.19. The molecule has 94 valence electrons. The minimum Gasteiger partial charge on any atom is -0.390 e. The summed E-state index contributed by atoms with van der Waals surface area (Å²) in [6, 6.07) is 5.95. The van der Waals surface area contributed by atoms with Crippen molar-refractivity contribution in [3.05, 3.63) is 33.3 Å². The van der Waals surface area contributed by atoms with E-state index in [4.69, 9.17) is 22.5 Å². The molecule has 0 atom stereocenters. The Hall–Kier alpha value is -2.23. The van der Waals surface area contributed by atoms with Gasteiger partial charge in [0.2, 0.25) is 0 Å². The fourth-order valence-electron chi connectivity index (χ4n) is 2.26. The van der Waals surface area contributed by atoms with Crippen LogP contribution >= 0.6 is 22.7 Å². The summed E-state index contributed by atoms with van der Waals surface area (Å²) in [6.45, 7) is 0. The second kappa shape index (κ2) is 4.16. The zero-order valence-corrected chi connectivity index (χ0v) is 11.4. The lowest BCUT2D eigenvalue weighted by Crippen LogP contribution is -2.24. The van der Waals surface area contributed by atoms with Gasteiger partial charge in [-0.2, -0.15) is 5.26 Å². The molecule has 0 saturated heterocycles. The molecule has 0 unspecified atom stereocenters. The van der Waals surface area contributed by atoms with Gasteiger partial charge in [0.05, 0.1) is 0 Å². The highest BCUT2D eigenvalue weighted by atomic mass is 32.1. The number of thiophene rings is 2. The van der Waals surface area contributed by atoms with Gasteiger partial charge in [0.1, 0.15) is 17.6 Å². The van der Waals surface area contributed by atoms with Gasteiger partial charge < -0.3 is 17.2 Å². The van der Waals surface area contributed by atoms with Gasteiger partial charge in [0.25, 0.3) is 0 Å². The molecule has 19 heavy (non-hydrogen) atoms. The summed E-state index contributed by atoms with van der Waals surface area (Å²) in [5.74, 6) is 0.286. The fourth-order valence-corrected chi connectivity index (χ4v) is 4.26. The third kappa shape index (κ3) is 1.56. The first kappa shape index (κ1) is 11.8. The second-order valence-corrected chi connectivity index (χ2v) is 5.89. The predicted molar refractivity (Wildman–Crippen MR) is 81.4 cm³/mol. The molecule has 0 aliphatic carbocycles. The van der Waals surface area contributed by atoms with E-state index in [9.17, 15) is 0 Å². The molecule has 2 heterocycles. The Balaban J connectivity index is 2.86. The van der Waals surface area contributed by atoms with Gasteiger partial charge >= 0.3 is 0 Å². The molecule has 3 rings (SSSR count). The molecular weight excluding hydrogens is 276 g/mol. The van der Waals surface area contributed by atoms with Gasteiger partial charge in [0.15, 0.2) is 0 Å². The van der Waals surface area contributed by atoms with E-state index in [1.165, 1.54) is 22.7 Å². The van der Waals surface area contributed by atoms with Gasteiger partial charge in [0, 0.05) is 30.6 Å². The second-order valence-electron chi connectivity index (χ2n) is 4.06. The Morgan fingerprint density at radius 1 is 0.947 bits per heavy atom. The number of hydrogen-bond acceptors (Lipinski definition) is 6. The summed E-state index contributed by atoms with van der Waals surface area (Å²) in [7, 11) is 0. The Kier molecular flexibility index (Phi) is 2.59. The summed E-state index contributed by atoms with van der Waals surface area (Å²) >= 11 is 3.08. The van der Waals surface area contributed by atoms with Crippen LogP contribution in [0.2, 0.25) is 0 Å². The number of nitrogens with zero attached hydrogens (tertiary/aromatic N) is 1. The molecule has 4 nitrogen and oxygen atoms in total. The molecular formula is C13H10N4S2. The highest BCUT2D eigenvalue weighted by Crippen LogP contribution is 2.22. The average molecular weight is 286 g/mol. The van der Waals surface area contributed by atoms with Gasteiger partial charge in [-0.15, -0.1) is 22.7 Å². The Labute approximate surface area is 116 Å². The van der Waals surface area contributed by atoms with Crippen LogP contribution < -0.4 is 27.6 Å². The van der Waals surface area contributed by atoms with Crippen LogP contribution in [0.25, 0.3) is 31.7 Å². The molecule has 0 bridgehead atoms. The van der Waals surface area contributed by atoms with Crippen molar-refractivity contribution in [1.82, 2.24) is 0 Å². The Bertz CT molecular complexity index is 894. The van der Waals surface area contributed by atoms with Crippen LogP contribution in [0.3, 0.4) is 0 Å². The van der Waals surface area contributed by atoms with Gasteiger partial charge in [-0.1, -0.05) is 0 Å². The van der Waals surface area contributed by atoms with Crippen molar-refractivity contribution in [2.75, 3.05) is 0 Å². The van der Waals surface area contributed by atoms with Crippen LogP contribution in [0.5, 0.6) is 0 Å². The van der Waals surface area contributed by atoms with Gasteiger partial charge in [-0.25, -0.2) is 0 Å². The summed E-state index contributed by atoms with van der Waals surface area (Å²) in [5.41, 5.74) is 17.7. The summed E-state index contributed by atoms with van der Waals surface area (Å²) < 4.78 is 1.91. The smallest absolute Gasteiger partial charge is 0.121 e. The van der Waals surface area contributed by atoms with Crippen molar-refractivity contribution in [2.24, 2.45) is 17.2 Å². The quantitative estimate of drug-likeness (QED) is 0.566. The van der Waals surface area contributed by atoms with Crippen molar-refractivity contribution < 1.29 is 0 Å². The zero-order valence-electron chi connectivity index (χ0n) is 9.81. The first-order chi connectivity index (χ1) is 9.15. The summed E-state index contributed by atoms with van der Waals surface area (Å²) in [5, 5.41) is 16.5. The van der Waals surface area contributed by atoms with E-state index in [0.717, 1.165) is 30.6 Å². The third-order valence-electron chi connectivity index (χ3n) is 3.00. The van der Waals surface area contributed by atoms with Crippen LogP contribution in [0.1, 0.15) is 0 Å². The summed E-state index contributed by atoms with van der Waals surface area (Å²) in [6.07, 6.45) is 0. The maximum Gasteiger partial charge on any atom is 0.121 e. The standard InChI is InChI=1S/C13H10N4S2/c14-5-8(15)10-11-6(1-3-18-11)9(13(16)17)7-2-4-19-12(7)10/h1-4H,15-17H2. The average Bonchev–Trinajstić information content (AvgIpc) is 3.02. The van der Waals surface area contributed by atoms with E-state index in [0.29, 0.717) is 0 Å². The van der Waals surface area contributed by atoms with Crippen LogP contribution in [-0.4, -0.2) is 0 Å². The van der Waals surface area contributed by atoms with E-state index in [1.807, 2.05) is 29.0 Å². The van der Waals surface area contributed by atoms with Gasteiger partial charge in [-0.05, 0) is 22.9 Å². The first-order valence-electron chi connectivity index (χ1n) is 5.46. The maximum absolute atomic E-state index is 9.10. The molecule has 6 heteroatoms. The number of nitriles is 1. The summed E-state index contributed by atoms with van der Waals surface area (Å²) in [4.78, 5) is 0. The van der Waals surface area contributed by atoms with E-state index in [-0.39, 0.29) is 11.5 Å². The molecule has 0 spiro atoms. The van der Waals surface area contributed by atoms with Crippen LogP contribution in [0.15, 0.2) is 22.9 Å². The Morgan fingerprint density at radius 2 is 1.47 bits per heavy atom. The van der Waals surface area contributed by atoms with Gasteiger partial charge in [-0.3, -0.25) is 0 Å². The minimum atomic E-state index is 0.224. The first-order valence-corrected chi connectivity index (χ1v) is 7.22. The largest absolute Gasteiger partial charge is 0.390 e. The topological polar surface area (TPSA) is 102 Å². The lowest BCUT2D eigenvalue weighted by Gasteiger charge is -2.01. The lowest BCUT2D eigenvalue weighted by atomic mass is 10.1. The molecule has 0 aliphatic heterocycles. The number of hydrogen-bond donors (Lipinski definition) is 3. The van der Waals surface area contributed by atoms with E-state index >= 15 is 0 Å². The normalized spacial score (nSPS) is 10.7. The molecule has 0 amide bonds. The zero-order chi connectivity index (χ0) is 13.6.